The molecule has 6 nitrogen and oxygen atoms in total. The fraction of sp³-hybridized carbons (Fsp3) is 0.909. The molecule has 2 aliphatic rings. The van der Waals surface area contributed by atoms with Gasteiger partial charge in [-0.05, 0) is 52.4 Å². The Kier molecular flexibility index (Phi) is 15.3. The summed E-state index contributed by atoms with van der Waals surface area (Å²) in [6.07, 6.45) is 12.3. The Balaban J connectivity index is 1.59. The maximum atomic E-state index is 5.88. The molecule has 30 heavy (non-hydrogen) atoms. The van der Waals surface area contributed by atoms with Crippen LogP contribution in [0.15, 0.2) is 12.2 Å². The lowest BCUT2D eigenvalue weighted by Crippen LogP contribution is -2.47. The van der Waals surface area contributed by atoms with Crippen molar-refractivity contribution in [2.75, 3.05) is 65.8 Å². The smallest absolute Gasteiger partial charge is 0.178 e. The van der Waals surface area contributed by atoms with Crippen LogP contribution in [0.1, 0.15) is 52.4 Å². The lowest BCUT2D eigenvalue weighted by atomic mass is 10.1. The lowest BCUT2D eigenvalue weighted by Gasteiger charge is -2.34. The van der Waals surface area contributed by atoms with Crippen LogP contribution in [0.2, 0.25) is 0 Å². The summed E-state index contributed by atoms with van der Waals surface area (Å²) in [5.41, 5.74) is 1.36. The van der Waals surface area contributed by atoms with E-state index in [0.29, 0.717) is 11.3 Å². The first kappa shape index (κ1) is 26.2. The molecule has 8 heteroatoms. The Bertz CT molecular complexity index is 395. The minimum Gasteiger partial charge on any atom is -0.423 e. The van der Waals surface area contributed by atoms with E-state index in [1.54, 1.807) is 0 Å². The van der Waals surface area contributed by atoms with Crippen LogP contribution in [0, 0.1) is 0 Å². The van der Waals surface area contributed by atoms with Crippen LogP contribution < -0.4 is 0 Å². The highest BCUT2D eigenvalue weighted by Gasteiger charge is 2.22. The standard InChI is InChI=1S/C22H46N2O4Si2/c1-3-27-29-21(23-13-17-25-18-14-23)11-9-7-5-6-8-10-12-22(30-28-4-2)24-15-19-26-20-16-24/h5-6,21-22H,3-4,7-20,29-30H2,1-2H3/b6-5-. The molecule has 2 heterocycles. The van der Waals surface area contributed by atoms with Crippen LogP contribution in [-0.2, 0) is 18.3 Å². The second-order valence-corrected chi connectivity index (χ2v) is 11.6. The summed E-state index contributed by atoms with van der Waals surface area (Å²) in [6, 6.07) is 0. The van der Waals surface area contributed by atoms with Gasteiger partial charge in [0.1, 0.15) is 0 Å². The van der Waals surface area contributed by atoms with Gasteiger partial charge in [-0.15, -0.1) is 0 Å². The quantitative estimate of drug-likeness (QED) is 0.198. The van der Waals surface area contributed by atoms with Crippen molar-refractivity contribution in [3.8, 4) is 0 Å². The third kappa shape index (κ3) is 11.0. The van der Waals surface area contributed by atoms with Crippen molar-refractivity contribution in [3.05, 3.63) is 12.2 Å². The molecule has 0 aromatic carbocycles. The van der Waals surface area contributed by atoms with E-state index in [1.807, 2.05) is 0 Å². The van der Waals surface area contributed by atoms with Crippen molar-refractivity contribution in [2.24, 2.45) is 0 Å². The number of rotatable bonds is 16. The second-order valence-electron chi connectivity index (χ2n) is 8.26. The fourth-order valence-corrected chi connectivity index (χ4v) is 7.39. The van der Waals surface area contributed by atoms with Crippen LogP contribution in [0.4, 0.5) is 0 Å². The van der Waals surface area contributed by atoms with Gasteiger partial charge in [0.15, 0.2) is 19.5 Å². The van der Waals surface area contributed by atoms with Gasteiger partial charge in [-0.3, -0.25) is 9.80 Å². The van der Waals surface area contributed by atoms with Gasteiger partial charge in [0.25, 0.3) is 0 Å². The molecule has 0 aliphatic carbocycles. The highest BCUT2D eigenvalue weighted by atomic mass is 28.2. The zero-order chi connectivity index (χ0) is 21.3. The summed E-state index contributed by atoms with van der Waals surface area (Å²) in [4.78, 5) is 5.23. The average molecular weight is 459 g/mol. The van der Waals surface area contributed by atoms with Crippen molar-refractivity contribution < 1.29 is 18.3 Å². The number of ether oxygens (including phenoxy) is 2. The van der Waals surface area contributed by atoms with Crippen molar-refractivity contribution in [3.63, 3.8) is 0 Å². The van der Waals surface area contributed by atoms with Gasteiger partial charge >= 0.3 is 0 Å². The van der Waals surface area contributed by atoms with Crippen LogP contribution >= 0.6 is 0 Å². The lowest BCUT2D eigenvalue weighted by molar-refractivity contribution is 0.0267. The van der Waals surface area contributed by atoms with Crippen LogP contribution in [0.3, 0.4) is 0 Å². The third-order valence-electron chi connectivity index (χ3n) is 6.14. The molecular formula is C22H46N2O4Si2. The molecule has 0 N–H and O–H groups in total. The van der Waals surface area contributed by atoms with Gasteiger partial charge in [0.2, 0.25) is 0 Å². The molecule has 0 aromatic rings. The van der Waals surface area contributed by atoms with Crippen LogP contribution in [0.5, 0.6) is 0 Å². The number of morpholine rings is 2. The largest absolute Gasteiger partial charge is 0.423 e. The molecule has 0 bridgehead atoms. The van der Waals surface area contributed by atoms with E-state index in [1.165, 1.54) is 38.5 Å². The maximum Gasteiger partial charge on any atom is 0.178 e. The molecule has 2 atom stereocenters. The molecule has 0 radical (unpaired) electrons. The van der Waals surface area contributed by atoms with Gasteiger partial charge < -0.3 is 18.3 Å². The molecule has 0 spiro atoms. The second kappa shape index (κ2) is 17.5. The summed E-state index contributed by atoms with van der Waals surface area (Å²) < 4.78 is 22.8. The molecule has 0 aromatic heterocycles. The summed E-state index contributed by atoms with van der Waals surface area (Å²) in [7, 11) is -0.938. The molecule has 0 amide bonds. The van der Waals surface area contributed by atoms with E-state index in [2.05, 4.69) is 35.8 Å². The summed E-state index contributed by atoms with van der Waals surface area (Å²) >= 11 is 0. The Morgan fingerprint density at radius 3 is 1.50 bits per heavy atom. The molecule has 2 rings (SSSR count). The first-order valence-electron chi connectivity index (χ1n) is 12.3. The van der Waals surface area contributed by atoms with Crippen LogP contribution in [0.25, 0.3) is 0 Å². The highest BCUT2D eigenvalue weighted by Crippen LogP contribution is 2.13. The number of unbranched alkanes of at least 4 members (excludes halogenated alkanes) is 2. The Labute approximate surface area is 189 Å². The highest BCUT2D eigenvalue weighted by molar-refractivity contribution is 6.29. The van der Waals surface area contributed by atoms with Gasteiger partial charge in [0.05, 0.1) is 26.4 Å². The monoisotopic (exact) mass is 458 g/mol. The zero-order valence-electron chi connectivity index (χ0n) is 19.6. The van der Waals surface area contributed by atoms with Gasteiger partial charge in [-0.25, -0.2) is 0 Å². The topological polar surface area (TPSA) is 43.4 Å². The Morgan fingerprint density at radius 1 is 0.733 bits per heavy atom. The van der Waals surface area contributed by atoms with E-state index >= 15 is 0 Å². The van der Waals surface area contributed by atoms with Crippen LogP contribution in [-0.4, -0.2) is 106 Å². The first-order chi connectivity index (χ1) is 14.8. The molecule has 2 aliphatic heterocycles. The molecule has 176 valence electrons. The minimum atomic E-state index is -0.469. The molecule has 2 fully saturated rings. The fourth-order valence-electron chi connectivity index (χ4n) is 4.31. The van der Waals surface area contributed by atoms with Crippen molar-refractivity contribution in [1.82, 2.24) is 9.80 Å². The summed E-state index contributed by atoms with van der Waals surface area (Å²) in [5.74, 6) is 0. The first-order valence-corrected chi connectivity index (χ1v) is 15.1. The van der Waals surface area contributed by atoms with E-state index in [4.69, 9.17) is 18.3 Å². The molecule has 2 saturated heterocycles. The molecule has 2 unspecified atom stereocenters. The Hall–Kier alpha value is -0.0662. The van der Waals surface area contributed by atoms with Crippen molar-refractivity contribution >= 4 is 19.5 Å². The van der Waals surface area contributed by atoms with Crippen molar-refractivity contribution in [1.29, 1.82) is 0 Å². The number of nitrogens with zero attached hydrogens (tertiary/aromatic N) is 2. The zero-order valence-corrected chi connectivity index (χ0v) is 22.4. The SMILES string of the molecule is CCO[SiH2]C(CCC/C=C\CCCC([SiH2]OCC)N1CCOCC1)N1CCOCC1. The van der Waals surface area contributed by atoms with Crippen molar-refractivity contribution in [2.45, 2.75) is 63.7 Å². The van der Waals surface area contributed by atoms with Gasteiger partial charge in [0, 0.05) is 50.7 Å². The minimum absolute atomic E-state index is 0.469. The normalized spacial score (nSPS) is 22.1. The number of allylic oxidation sites excluding steroid dienone is 2. The van der Waals surface area contributed by atoms with Gasteiger partial charge in [-0.1, -0.05) is 12.2 Å². The summed E-state index contributed by atoms with van der Waals surface area (Å²) in [5, 5.41) is 0. The number of hydrogen-bond acceptors (Lipinski definition) is 6. The third-order valence-corrected chi connectivity index (χ3v) is 10.0. The Morgan fingerprint density at radius 2 is 1.13 bits per heavy atom. The van der Waals surface area contributed by atoms with E-state index in [-0.39, 0.29) is 0 Å². The van der Waals surface area contributed by atoms with E-state index in [0.717, 1.165) is 65.8 Å². The van der Waals surface area contributed by atoms with Gasteiger partial charge in [-0.2, -0.15) is 0 Å². The maximum absolute atomic E-state index is 5.88. The van der Waals surface area contributed by atoms with E-state index in [9.17, 15) is 0 Å². The average Bonchev–Trinajstić information content (AvgIpc) is 2.80. The molecule has 0 saturated carbocycles. The number of hydrogen-bond donors (Lipinski definition) is 0. The van der Waals surface area contributed by atoms with E-state index < -0.39 is 19.5 Å². The predicted molar refractivity (Wildman–Crippen MR) is 130 cm³/mol. The predicted octanol–water partition coefficient (Wildman–Crippen LogP) is 1.44. The molecular weight excluding hydrogens is 412 g/mol. The summed E-state index contributed by atoms with van der Waals surface area (Å²) in [6.45, 7) is 13.8.